The van der Waals surface area contributed by atoms with Gasteiger partial charge in [0.25, 0.3) is 0 Å². The number of nitriles is 1. The number of hydrogen-bond acceptors (Lipinski definition) is 1. The summed E-state index contributed by atoms with van der Waals surface area (Å²) < 4.78 is 0. The van der Waals surface area contributed by atoms with Crippen molar-refractivity contribution in [2.45, 2.75) is 32.6 Å². The minimum atomic E-state index is 0.693. The van der Waals surface area contributed by atoms with E-state index in [1.54, 1.807) is 0 Å². The zero-order chi connectivity index (χ0) is 17.5. The molecular weight excluding hydrogens is 302 g/mol. The highest BCUT2D eigenvalue weighted by atomic mass is 14.2. The van der Waals surface area contributed by atoms with Crippen molar-refractivity contribution in [3.63, 3.8) is 0 Å². The van der Waals surface area contributed by atoms with E-state index in [1.807, 2.05) is 30.3 Å². The van der Waals surface area contributed by atoms with Crippen molar-refractivity contribution >= 4 is 0 Å². The van der Waals surface area contributed by atoms with Gasteiger partial charge in [0.2, 0.25) is 0 Å². The first-order chi connectivity index (χ1) is 12.3. The molecule has 0 bridgehead atoms. The normalized spacial score (nSPS) is 10.4. The number of nitrogens with zero attached hydrogens (tertiary/aromatic N) is 1. The van der Waals surface area contributed by atoms with Crippen LogP contribution in [-0.4, -0.2) is 0 Å². The number of unbranched alkanes of at least 4 members (excludes halogenated alkanes) is 2. The SMILES string of the molecule is CCCCCc1ccc(-c2ccc(C#N)cc2-c2ccccc2)cc1. The summed E-state index contributed by atoms with van der Waals surface area (Å²) in [6, 6.07) is 27.4. The van der Waals surface area contributed by atoms with Crippen LogP contribution in [0.4, 0.5) is 0 Å². The van der Waals surface area contributed by atoms with Crippen LogP contribution in [0.2, 0.25) is 0 Å². The fourth-order valence-corrected chi connectivity index (χ4v) is 3.15. The first-order valence-corrected chi connectivity index (χ1v) is 9.00. The summed E-state index contributed by atoms with van der Waals surface area (Å²) in [5.74, 6) is 0. The molecule has 0 aliphatic carbocycles. The largest absolute Gasteiger partial charge is 0.192 e. The van der Waals surface area contributed by atoms with E-state index in [-0.39, 0.29) is 0 Å². The van der Waals surface area contributed by atoms with E-state index in [0.717, 1.165) is 17.5 Å². The van der Waals surface area contributed by atoms with Crippen molar-refractivity contribution in [3.8, 4) is 28.3 Å². The van der Waals surface area contributed by atoms with E-state index in [4.69, 9.17) is 0 Å². The van der Waals surface area contributed by atoms with Gasteiger partial charge in [-0.05, 0) is 52.8 Å². The summed E-state index contributed by atoms with van der Waals surface area (Å²) in [6.45, 7) is 2.24. The highest BCUT2D eigenvalue weighted by Gasteiger charge is 2.09. The Labute approximate surface area is 150 Å². The quantitative estimate of drug-likeness (QED) is 0.467. The van der Waals surface area contributed by atoms with Gasteiger partial charge in [0.1, 0.15) is 0 Å². The number of aryl methyl sites for hydroxylation is 1. The molecule has 3 aromatic rings. The van der Waals surface area contributed by atoms with Crippen molar-refractivity contribution in [1.29, 1.82) is 5.26 Å². The molecule has 0 saturated heterocycles. The Bertz CT molecular complexity index is 855. The van der Waals surface area contributed by atoms with E-state index in [9.17, 15) is 5.26 Å². The van der Waals surface area contributed by atoms with Crippen LogP contribution >= 0.6 is 0 Å². The van der Waals surface area contributed by atoms with E-state index in [2.05, 4.69) is 55.5 Å². The fourth-order valence-electron chi connectivity index (χ4n) is 3.15. The first kappa shape index (κ1) is 17.0. The van der Waals surface area contributed by atoms with Gasteiger partial charge in [0.05, 0.1) is 11.6 Å². The molecule has 0 atom stereocenters. The Balaban J connectivity index is 1.95. The van der Waals surface area contributed by atoms with E-state index in [0.29, 0.717) is 5.56 Å². The molecule has 0 aliphatic heterocycles. The molecule has 0 saturated carbocycles. The van der Waals surface area contributed by atoms with Crippen LogP contribution in [0.1, 0.15) is 37.3 Å². The van der Waals surface area contributed by atoms with Gasteiger partial charge >= 0.3 is 0 Å². The van der Waals surface area contributed by atoms with Crippen LogP contribution in [-0.2, 0) is 6.42 Å². The topological polar surface area (TPSA) is 23.8 Å². The van der Waals surface area contributed by atoms with E-state index >= 15 is 0 Å². The Hall–Kier alpha value is -2.85. The Morgan fingerprint density at radius 3 is 2.16 bits per heavy atom. The van der Waals surface area contributed by atoms with Crippen molar-refractivity contribution in [3.05, 3.63) is 83.9 Å². The zero-order valence-corrected chi connectivity index (χ0v) is 14.7. The molecule has 0 heterocycles. The van der Waals surface area contributed by atoms with Crippen LogP contribution in [0.15, 0.2) is 72.8 Å². The average Bonchev–Trinajstić information content (AvgIpc) is 2.69. The van der Waals surface area contributed by atoms with Crippen molar-refractivity contribution < 1.29 is 0 Å². The first-order valence-electron chi connectivity index (χ1n) is 9.00. The minimum Gasteiger partial charge on any atom is -0.192 e. The van der Waals surface area contributed by atoms with Crippen LogP contribution in [0.5, 0.6) is 0 Å². The Morgan fingerprint density at radius 2 is 1.48 bits per heavy atom. The monoisotopic (exact) mass is 325 g/mol. The zero-order valence-electron chi connectivity index (χ0n) is 14.7. The Morgan fingerprint density at radius 1 is 0.760 bits per heavy atom. The van der Waals surface area contributed by atoms with Gasteiger partial charge in [-0.25, -0.2) is 0 Å². The molecule has 3 aromatic carbocycles. The fraction of sp³-hybridized carbons (Fsp3) is 0.208. The van der Waals surface area contributed by atoms with Crippen molar-refractivity contribution in [1.82, 2.24) is 0 Å². The summed E-state index contributed by atoms with van der Waals surface area (Å²) in [6.07, 6.45) is 4.94. The molecule has 3 rings (SSSR count). The van der Waals surface area contributed by atoms with Crippen LogP contribution < -0.4 is 0 Å². The summed E-state index contributed by atoms with van der Waals surface area (Å²) in [7, 11) is 0. The van der Waals surface area contributed by atoms with Gasteiger partial charge < -0.3 is 0 Å². The average molecular weight is 325 g/mol. The molecule has 124 valence electrons. The van der Waals surface area contributed by atoms with Gasteiger partial charge in [-0.15, -0.1) is 0 Å². The maximum Gasteiger partial charge on any atom is 0.0991 e. The third-order valence-electron chi connectivity index (χ3n) is 4.57. The van der Waals surface area contributed by atoms with Gasteiger partial charge in [0.15, 0.2) is 0 Å². The number of rotatable bonds is 6. The van der Waals surface area contributed by atoms with Crippen molar-refractivity contribution in [2.75, 3.05) is 0 Å². The highest BCUT2D eigenvalue weighted by Crippen LogP contribution is 2.33. The predicted octanol–water partition coefficient (Wildman–Crippen LogP) is 6.62. The molecule has 0 aliphatic rings. The summed E-state index contributed by atoms with van der Waals surface area (Å²) in [5.41, 5.74) is 6.71. The number of benzene rings is 3. The van der Waals surface area contributed by atoms with E-state index < -0.39 is 0 Å². The number of hydrogen-bond donors (Lipinski definition) is 0. The molecule has 0 N–H and O–H groups in total. The highest BCUT2D eigenvalue weighted by molar-refractivity contribution is 5.84. The maximum absolute atomic E-state index is 9.26. The van der Waals surface area contributed by atoms with Gasteiger partial charge in [-0.1, -0.05) is 80.4 Å². The van der Waals surface area contributed by atoms with Gasteiger partial charge in [-0.2, -0.15) is 5.26 Å². The molecule has 0 aromatic heterocycles. The molecule has 1 nitrogen and oxygen atoms in total. The minimum absolute atomic E-state index is 0.693. The van der Waals surface area contributed by atoms with Crippen molar-refractivity contribution in [2.24, 2.45) is 0 Å². The molecule has 0 radical (unpaired) electrons. The smallest absolute Gasteiger partial charge is 0.0991 e. The molecule has 1 heteroatoms. The summed E-state index contributed by atoms with van der Waals surface area (Å²) >= 11 is 0. The standard InChI is InChI=1S/C24H23N/c1-2-3-5-8-19-11-14-22(15-12-19)23-16-13-20(18-25)17-24(23)21-9-6-4-7-10-21/h4,6-7,9-17H,2-3,5,8H2,1H3. The van der Waals surface area contributed by atoms with Gasteiger partial charge in [0, 0.05) is 0 Å². The molecular formula is C24H23N. The summed E-state index contributed by atoms with van der Waals surface area (Å²) in [4.78, 5) is 0. The lowest BCUT2D eigenvalue weighted by Crippen LogP contribution is -1.89. The second-order valence-corrected chi connectivity index (χ2v) is 6.39. The molecule has 0 amide bonds. The van der Waals surface area contributed by atoms with Crippen LogP contribution in [0, 0.1) is 11.3 Å². The van der Waals surface area contributed by atoms with E-state index in [1.165, 1.54) is 36.0 Å². The van der Waals surface area contributed by atoms with Gasteiger partial charge in [-0.3, -0.25) is 0 Å². The second-order valence-electron chi connectivity index (χ2n) is 6.39. The lowest BCUT2D eigenvalue weighted by molar-refractivity contribution is 0.717. The lowest BCUT2D eigenvalue weighted by atomic mass is 9.92. The third kappa shape index (κ3) is 4.17. The lowest BCUT2D eigenvalue weighted by Gasteiger charge is -2.12. The van der Waals surface area contributed by atoms with Crippen LogP contribution in [0.25, 0.3) is 22.3 Å². The second kappa shape index (κ2) is 8.31. The molecule has 25 heavy (non-hydrogen) atoms. The molecule has 0 spiro atoms. The molecule has 0 unspecified atom stereocenters. The third-order valence-corrected chi connectivity index (χ3v) is 4.57. The Kier molecular flexibility index (Phi) is 5.65. The molecule has 0 fully saturated rings. The van der Waals surface area contributed by atoms with Crippen LogP contribution in [0.3, 0.4) is 0 Å². The summed E-state index contributed by atoms with van der Waals surface area (Å²) in [5, 5.41) is 9.26. The predicted molar refractivity (Wildman–Crippen MR) is 105 cm³/mol. The maximum atomic E-state index is 9.26.